The van der Waals surface area contributed by atoms with E-state index in [1.165, 1.54) is 12.1 Å². The lowest BCUT2D eigenvalue weighted by Crippen LogP contribution is -2.48. The predicted octanol–water partition coefficient (Wildman–Crippen LogP) is 4.07. The van der Waals surface area contributed by atoms with Crippen molar-refractivity contribution in [3.8, 4) is 0 Å². The SMILES string of the molecule is O=CNC(CNC1(CC(=O)Nc2ccc3c(c2)CC2(C3)C(=O)Nc3ncccc32)CCCC1)c1cc(F)cc(F)c1. The number of rotatable bonds is 9. The second kappa shape index (κ2) is 10.7. The monoisotopic (exact) mass is 559 g/mol. The Morgan fingerprint density at radius 1 is 1.05 bits per heavy atom. The van der Waals surface area contributed by atoms with Gasteiger partial charge in [-0.1, -0.05) is 25.0 Å². The molecule has 2 atom stereocenters. The van der Waals surface area contributed by atoms with Crippen molar-refractivity contribution in [1.29, 1.82) is 0 Å². The molecule has 1 aromatic heterocycles. The average Bonchev–Trinajstić information content (AvgIpc) is 3.62. The zero-order valence-corrected chi connectivity index (χ0v) is 22.4. The summed E-state index contributed by atoms with van der Waals surface area (Å²) in [5, 5.41) is 12.0. The van der Waals surface area contributed by atoms with E-state index in [9.17, 15) is 23.2 Å². The van der Waals surface area contributed by atoms with Gasteiger partial charge in [0.05, 0.1) is 11.5 Å². The first-order valence-corrected chi connectivity index (χ1v) is 13.9. The van der Waals surface area contributed by atoms with Gasteiger partial charge in [0.25, 0.3) is 0 Å². The van der Waals surface area contributed by atoms with Gasteiger partial charge in [0.15, 0.2) is 0 Å². The van der Waals surface area contributed by atoms with Gasteiger partial charge in [0, 0.05) is 42.0 Å². The molecule has 2 heterocycles. The van der Waals surface area contributed by atoms with E-state index in [2.05, 4.69) is 26.3 Å². The first kappa shape index (κ1) is 27.0. The number of fused-ring (bicyclic) bond motifs is 3. The number of nitrogens with one attached hydrogen (secondary N) is 4. The molecule has 3 aromatic rings. The minimum atomic E-state index is -0.720. The Morgan fingerprint density at radius 3 is 2.56 bits per heavy atom. The van der Waals surface area contributed by atoms with Crippen molar-refractivity contribution in [1.82, 2.24) is 15.6 Å². The number of hydrogen-bond donors (Lipinski definition) is 4. The van der Waals surface area contributed by atoms with Gasteiger partial charge < -0.3 is 21.3 Å². The van der Waals surface area contributed by atoms with Crippen molar-refractivity contribution < 1.29 is 23.2 Å². The second-order valence-corrected chi connectivity index (χ2v) is 11.4. The fraction of sp³-hybridized carbons (Fsp3) is 0.355. The second-order valence-electron chi connectivity index (χ2n) is 11.4. The highest BCUT2D eigenvalue weighted by Crippen LogP contribution is 2.47. The Labute approximate surface area is 236 Å². The van der Waals surface area contributed by atoms with Gasteiger partial charge in [-0.05, 0) is 72.7 Å². The van der Waals surface area contributed by atoms with E-state index in [1.807, 2.05) is 30.3 Å². The van der Waals surface area contributed by atoms with Crippen LogP contribution in [-0.2, 0) is 32.6 Å². The summed E-state index contributed by atoms with van der Waals surface area (Å²) in [4.78, 5) is 41.8. The van der Waals surface area contributed by atoms with Crippen LogP contribution < -0.4 is 21.3 Å². The lowest BCUT2D eigenvalue weighted by molar-refractivity contribution is -0.120. The van der Waals surface area contributed by atoms with Crippen molar-refractivity contribution >= 4 is 29.7 Å². The minimum absolute atomic E-state index is 0.0504. The minimum Gasteiger partial charge on any atom is -0.351 e. The Bertz CT molecular complexity index is 1500. The van der Waals surface area contributed by atoms with E-state index in [4.69, 9.17) is 0 Å². The summed E-state index contributed by atoms with van der Waals surface area (Å²) in [7, 11) is 0. The van der Waals surface area contributed by atoms with Gasteiger partial charge in [-0.15, -0.1) is 0 Å². The van der Waals surface area contributed by atoms with Gasteiger partial charge >= 0.3 is 0 Å². The number of carbonyl (C=O) groups excluding carboxylic acids is 3. The standard InChI is InChI=1S/C31H31F2N5O3/c32-22-10-20(11-23(33)13-22)26(35-18-39)17-36-30(7-1-2-8-30)16-27(40)37-24-6-5-19-14-31(15-21(19)12-24)25-4-3-9-34-28(25)38-29(31)41/h3-6,9-13,18,26,36H,1-2,7-8,14-17H2,(H,35,39)(H,37,40)(H,34,38,41). The number of pyridine rings is 1. The van der Waals surface area contributed by atoms with Crippen molar-refractivity contribution in [2.24, 2.45) is 0 Å². The topological polar surface area (TPSA) is 112 Å². The third kappa shape index (κ3) is 5.19. The van der Waals surface area contributed by atoms with Crippen LogP contribution in [0.15, 0.2) is 54.7 Å². The molecule has 3 amide bonds. The van der Waals surface area contributed by atoms with E-state index >= 15 is 0 Å². The van der Waals surface area contributed by atoms with Crippen LogP contribution in [0, 0.1) is 11.6 Å². The van der Waals surface area contributed by atoms with E-state index in [-0.39, 0.29) is 24.8 Å². The van der Waals surface area contributed by atoms with Crippen LogP contribution >= 0.6 is 0 Å². The van der Waals surface area contributed by atoms with Crippen LogP contribution in [0.2, 0.25) is 0 Å². The highest BCUT2D eigenvalue weighted by molar-refractivity contribution is 6.06. The number of carbonyl (C=O) groups is 3. The third-order valence-electron chi connectivity index (χ3n) is 8.76. The van der Waals surface area contributed by atoms with E-state index in [1.54, 1.807) is 6.20 Å². The Morgan fingerprint density at radius 2 is 1.80 bits per heavy atom. The van der Waals surface area contributed by atoms with Crippen molar-refractivity contribution in [3.63, 3.8) is 0 Å². The molecule has 1 spiro atoms. The summed E-state index contributed by atoms with van der Waals surface area (Å²) in [6.45, 7) is 0.217. The lowest BCUT2D eigenvalue weighted by atomic mass is 9.79. The maximum Gasteiger partial charge on any atom is 0.237 e. The molecule has 1 saturated carbocycles. The summed E-state index contributed by atoms with van der Waals surface area (Å²) < 4.78 is 27.7. The van der Waals surface area contributed by atoms with Gasteiger partial charge in [-0.25, -0.2) is 13.8 Å². The van der Waals surface area contributed by atoms with Crippen molar-refractivity contribution in [3.05, 3.63) is 88.6 Å². The fourth-order valence-corrected chi connectivity index (χ4v) is 6.78. The molecule has 212 valence electrons. The Hall–Kier alpha value is -4.18. The zero-order chi connectivity index (χ0) is 28.6. The van der Waals surface area contributed by atoms with Crippen LogP contribution in [0.1, 0.15) is 60.4 Å². The molecule has 4 N–H and O–H groups in total. The molecule has 8 nitrogen and oxygen atoms in total. The zero-order valence-electron chi connectivity index (χ0n) is 22.4. The summed E-state index contributed by atoms with van der Waals surface area (Å²) in [5.41, 5.74) is 2.80. The molecule has 2 aliphatic carbocycles. The number of benzene rings is 2. The number of aromatic nitrogens is 1. The maximum atomic E-state index is 13.8. The van der Waals surface area contributed by atoms with E-state index < -0.39 is 28.6 Å². The van der Waals surface area contributed by atoms with Gasteiger partial charge in [-0.2, -0.15) is 0 Å². The Kier molecular flexibility index (Phi) is 7.03. The highest BCUT2D eigenvalue weighted by atomic mass is 19.1. The van der Waals surface area contributed by atoms with Crippen LogP contribution in [0.5, 0.6) is 0 Å². The Balaban J connectivity index is 1.13. The van der Waals surface area contributed by atoms with Gasteiger partial charge in [0.1, 0.15) is 17.5 Å². The molecule has 3 aliphatic rings. The van der Waals surface area contributed by atoms with Crippen molar-refractivity contribution in [2.75, 3.05) is 17.2 Å². The van der Waals surface area contributed by atoms with Crippen LogP contribution in [-0.4, -0.2) is 35.3 Å². The molecule has 2 unspecified atom stereocenters. The van der Waals surface area contributed by atoms with Gasteiger partial charge in [-0.3, -0.25) is 14.4 Å². The molecule has 2 aromatic carbocycles. The molecule has 6 rings (SSSR count). The molecule has 0 saturated heterocycles. The van der Waals surface area contributed by atoms with E-state index in [0.717, 1.165) is 48.4 Å². The average molecular weight is 560 g/mol. The summed E-state index contributed by atoms with van der Waals surface area (Å²) in [6.07, 6.45) is 6.92. The predicted molar refractivity (Wildman–Crippen MR) is 149 cm³/mol. The first-order chi connectivity index (χ1) is 19.8. The molecule has 0 bridgehead atoms. The summed E-state index contributed by atoms with van der Waals surface area (Å²) in [6, 6.07) is 12.1. The summed E-state index contributed by atoms with van der Waals surface area (Å²) >= 11 is 0. The molecule has 10 heteroatoms. The van der Waals surface area contributed by atoms with Crippen molar-refractivity contribution in [2.45, 2.75) is 61.9 Å². The molecule has 41 heavy (non-hydrogen) atoms. The van der Waals surface area contributed by atoms with Crippen LogP contribution in [0.3, 0.4) is 0 Å². The van der Waals surface area contributed by atoms with Crippen LogP contribution in [0.25, 0.3) is 0 Å². The number of hydrogen-bond acceptors (Lipinski definition) is 5. The largest absolute Gasteiger partial charge is 0.351 e. The molecular formula is C31H31F2N5O3. The third-order valence-corrected chi connectivity index (χ3v) is 8.76. The summed E-state index contributed by atoms with van der Waals surface area (Å²) in [5.74, 6) is -1.03. The number of nitrogens with zero attached hydrogens (tertiary/aromatic N) is 1. The quantitative estimate of drug-likeness (QED) is 0.296. The lowest BCUT2D eigenvalue weighted by Gasteiger charge is -2.32. The molecular weight excluding hydrogens is 528 g/mol. The normalized spacial score (nSPS) is 20.8. The smallest absolute Gasteiger partial charge is 0.237 e. The molecule has 0 radical (unpaired) electrons. The highest BCUT2D eigenvalue weighted by Gasteiger charge is 2.51. The van der Waals surface area contributed by atoms with Gasteiger partial charge in [0.2, 0.25) is 18.2 Å². The van der Waals surface area contributed by atoms with Crippen LogP contribution in [0.4, 0.5) is 20.3 Å². The first-order valence-electron chi connectivity index (χ1n) is 13.9. The number of halogens is 2. The molecule has 1 aliphatic heterocycles. The van der Waals surface area contributed by atoms with E-state index in [0.29, 0.717) is 36.3 Å². The fourth-order valence-electron chi connectivity index (χ4n) is 6.78. The molecule has 1 fully saturated rings. The number of amides is 3. The maximum absolute atomic E-state index is 13.8. The number of anilines is 2.